The summed E-state index contributed by atoms with van der Waals surface area (Å²) in [5, 5.41) is 0. The highest BCUT2D eigenvalue weighted by Gasteiger charge is 2.42. The number of nitrogens with zero attached hydrogens (tertiary/aromatic N) is 2. The van der Waals surface area contributed by atoms with Crippen LogP contribution in [-0.2, 0) is 6.11 Å². The van der Waals surface area contributed by atoms with Crippen LogP contribution in [0.25, 0.3) is 67.0 Å². The van der Waals surface area contributed by atoms with Crippen molar-refractivity contribution in [2.45, 2.75) is 103 Å². The summed E-state index contributed by atoms with van der Waals surface area (Å²) >= 11 is 0. The molecule has 87 heavy (non-hydrogen) atoms. The molecule has 3 nitrogen and oxygen atoms in total. The molecule has 0 saturated heterocycles. The molecule has 0 N–H and O–H groups in total. The smallest absolute Gasteiger partial charge is 0.429 e. The highest BCUT2D eigenvalue weighted by Crippen LogP contribution is 2.40. The van der Waals surface area contributed by atoms with Crippen molar-refractivity contribution in [1.29, 1.82) is 0 Å². The van der Waals surface area contributed by atoms with Crippen molar-refractivity contribution in [1.82, 2.24) is 9.97 Å². The molecule has 0 spiro atoms. The summed E-state index contributed by atoms with van der Waals surface area (Å²) in [7, 11) is 0. The number of rotatable bonds is 11. The Hall–Kier alpha value is -8.84. The van der Waals surface area contributed by atoms with E-state index in [2.05, 4.69) is 63.2 Å². The molecule has 0 aliphatic heterocycles. The van der Waals surface area contributed by atoms with Gasteiger partial charge in [-0.25, -0.2) is 45.1 Å². The van der Waals surface area contributed by atoms with Crippen LogP contribution >= 0.6 is 0 Å². The molecule has 444 valence electrons. The van der Waals surface area contributed by atoms with Gasteiger partial charge in [0.25, 0.3) is 0 Å². The average molecular weight is 1190 g/mol. The van der Waals surface area contributed by atoms with Crippen LogP contribution in [0.4, 0.5) is 43.9 Å². The van der Waals surface area contributed by atoms with Gasteiger partial charge < -0.3 is 4.74 Å². The maximum Gasteiger partial charge on any atom is 0.432 e. The van der Waals surface area contributed by atoms with E-state index >= 15 is 0 Å². The highest BCUT2D eigenvalue weighted by atomic mass is 19.3. The SMILES string of the molecule is Cc1ccc(-c2ccc(-c3ccc(C4CCCCC4)cc3)cc2F)cc1.Cc1ccc(-c2ccc(-c3ccc(C4CCCCC4)cc3)cc2F)cc1.Cc1cnc(-c2ccc(-c3cc(F)c(C(F)(F)Oc4cc(F)c(F)c(F)c4)c(F)c3)c(F)c2)nc1. The van der Waals surface area contributed by atoms with Crippen molar-refractivity contribution in [3.8, 4) is 72.8 Å². The molecule has 12 rings (SSSR count). The van der Waals surface area contributed by atoms with Crippen LogP contribution in [0.3, 0.4) is 0 Å². The Balaban J connectivity index is 0.000000147. The second kappa shape index (κ2) is 27.2. The minimum Gasteiger partial charge on any atom is -0.429 e. The van der Waals surface area contributed by atoms with Crippen LogP contribution in [0, 0.1) is 67.3 Å². The van der Waals surface area contributed by atoms with Crippen LogP contribution in [0.2, 0.25) is 0 Å². The fourth-order valence-electron chi connectivity index (χ4n) is 11.3. The Morgan fingerprint density at radius 3 is 1.09 bits per heavy atom. The van der Waals surface area contributed by atoms with Gasteiger partial charge in [0.1, 0.15) is 40.4 Å². The molecule has 1 heterocycles. The van der Waals surface area contributed by atoms with Crippen molar-refractivity contribution >= 4 is 0 Å². The Morgan fingerprint density at radius 2 is 0.690 bits per heavy atom. The third-order valence-electron chi connectivity index (χ3n) is 16.2. The molecule has 0 radical (unpaired) electrons. The van der Waals surface area contributed by atoms with E-state index in [0.29, 0.717) is 35.1 Å². The molecule has 0 amide bonds. The van der Waals surface area contributed by atoms with Crippen molar-refractivity contribution in [2.24, 2.45) is 0 Å². The summed E-state index contributed by atoms with van der Waals surface area (Å²) in [4.78, 5) is 8.09. The van der Waals surface area contributed by atoms with Gasteiger partial charge in [0, 0.05) is 46.8 Å². The maximum absolute atomic E-state index is 14.7. The summed E-state index contributed by atoms with van der Waals surface area (Å²) in [6.07, 6.45) is 11.6. The third kappa shape index (κ3) is 14.9. The molecule has 13 heteroatoms. The summed E-state index contributed by atoms with van der Waals surface area (Å²) in [5.74, 6) is -10.1. The number of aryl methyl sites for hydroxylation is 3. The quantitative estimate of drug-likeness (QED) is 0.0956. The third-order valence-corrected chi connectivity index (χ3v) is 16.2. The first-order chi connectivity index (χ1) is 41.9. The zero-order chi connectivity index (χ0) is 61.4. The average Bonchev–Trinajstić information content (AvgIpc) is 3.54. The minimum absolute atomic E-state index is 0.0885. The van der Waals surface area contributed by atoms with Crippen molar-refractivity contribution in [2.75, 3.05) is 0 Å². The molecule has 2 aliphatic carbocycles. The van der Waals surface area contributed by atoms with Crippen LogP contribution in [0.5, 0.6) is 5.75 Å². The predicted molar refractivity (Wildman–Crippen MR) is 324 cm³/mol. The largest absolute Gasteiger partial charge is 0.432 e. The van der Waals surface area contributed by atoms with Crippen LogP contribution < -0.4 is 4.74 Å². The molecule has 2 saturated carbocycles. The van der Waals surface area contributed by atoms with Crippen LogP contribution in [0.1, 0.15) is 109 Å². The Bertz CT molecular complexity index is 3790. The van der Waals surface area contributed by atoms with Crippen molar-refractivity contribution in [3.05, 3.63) is 268 Å². The van der Waals surface area contributed by atoms with Crippen LogP contribution in [-0.4, -0.2) is 9.97 Å². The first kappa shape index (κ1) is 61.3. The number of hydrogen-bond donors (Lipinski definition) is 0. The van der Waals surface area contributed by atoms with E-state index in [1.54, 1.807) is 19.1 Å². The van der Waals surface area contributed by atoms with E-state index in [9.17, 15) is 43.9 Å². The molecule has 9 aromatic carbocycles. The van der Waals surface area contributed by atoms with E-state index in [4.69, 9.17) is 0 Å². The second-order valence-electron chi connectivity index (χ2n) is 22.4. The number of ether oxygens (including phenoxy) is 1. The van der Waals surface area contributed by atoms with Crippen LogP contribution in [0.15, 0.2) is 188 Å². The molecule has 2 aliphatic rings. The Morgan fingerprint density at radius 1 is 0.345 bits per heavy atom. The summed E-state index contributed by atoms with van der Waals surface area (Å²) in [6.45, 7) is 5.84. The lowest BCUT2D eigenvalue weighted by Crippen LogP contribution is -2.25. The fraction of sp³-hybridized carbons (Fsp3) is 0.216. The molecular formula is C74H62F10N2O. The number of benzene rings is 9. The summed E-state index contributed by atoms with van der Waals surface area (Å²) in [5.41, 5.74) is 10.9. The number of aromatic nitrogens is 2. The van der Waals surface area contributed by atoms with E-state index in [-0.39, 0.29) is 40.7 Å². The van der Waals surface area contributed by atoms with Gasteiger partial charge in [-0.05, 0) is 144 Å². The number of halogens is 10. The molecule has 2 fully saturated rings. The molecule has 0 atom stereocenters. The van der Waals surface area contributed by atoms with E-state index in [0.717, 1.165) is 45.0 Å². The second-order valence-corrected chi connectivity index (χ2v) is 22.4. The standard InChI is InChI=1S/2C25H25F.C24H12F8N2O/c2*1-18-7-9-22(10-8-18)24-16-15-23(17-25(24)26)21-13-11-20(12-14-21)19-5-3-2-4-6-19;1-11-9-33-23(34-10-11)12-2-3-15(16(25)4-12)13-5-17(26)21(18(27)6-13)24(31,32)35-14-7-19(28)22(30)20(29)8-14/h2*7-17,19H,2-6H2,1H3;2-10H,1H3. The van der Waals surface area contributed by atoms with Gasteiger partial charge in [-0.2, -0.15) is 8.78 Å². The van der Waals surface area contributed by atoms with Gasteiger partial charge in [-0.15, -0.1) is 0 Å². The minimum atomic E-state index is -4.76. The fourth-order valence-corrected chi connectivity index (χ4v) is 11.3. The topological polar surface area (TPSA) is 35.0 Å². The van der Waals surface area contributed by atoms with E-state index < -0.39 is 57.9 Å². The first-order valence-electron chi connectivity index (χ1n) is 29.1. The molecule has 0 bridgehead atoms. The normalized spacial score (nSPS) is 13.7. The zero-order valence-electron chi connectivity index (χ0n) is 48.2. The van der Waals surface area contributed by atoms with Gasteiger partial charge in [0.15, 0.2) is 23.3 Å². The zero-order valence-corrected chi connectivity index (χ0v) is 48.2. The lowest BCUT2D eigenvalue weighted by Gasteiger charge is -2.22. The van der Waals surface area contributed by atoms with Gasteiger partial charge in [-0.1, -0.05) is 183 Å². The number of hydrogen-bond acceptors (Lipinski definition) is 3. The Kier molecular flexibility index (Phi) is 19.2. The summed E-state index contributed by atoms with van der Waals surface area (Å²) < 4.78 is 146. The lowest BCUT2D eigenvalue weighted by atomic mass is 9.83. The molecular weight excluding hydrogens is 1120 g/mol. The summed E-state index contributed by atoms with van der Waals surface area (Å²) in [6, 6.07) is 49.3. The lowest BCUT2D eigenvalue weighted by molar-refractivity contribution is -0.189. The van der Waals surface area contributed by atoms with Gasteiger partial charge >= 0.3 is 6.11 Å². The van der Waals surface area contributed by atoms with Crippen molar-refractivity contribution in [3.63, 3.8) is 0 Å². The first-order valence-corrected chi connectivity index (χ1v) is 29.1. The number of alkyl halides is 2. The Labute approximate surface area is 500 Å². The maximum atomic E-state index is 14.7. The van der Waals surface area contributed by atoms with Gasteiger partial charge in [0.05, 0.1) is 0 Å². The van der Waals surface area contributed by atoms with Gasteiger partial charge in [-0.3, -0.25) is 0 Å². The predicted octanol–water partition coefficient (Wildman–Crippen LogP) is 22.1. The highest BCUT2D eigenvalue weighted by molar-refractivity contribution is 5.73. The van der Waals surface area contributed by atoms with Crippen molar-refractivity contribution < 1.29 is 48.6 Å². The molecule has 1 aromatic heterocycles. The van der Waals surface area contributed by atoms with E-state index in [1.807, 2.05) is 86.6 Å². The molecule has 0 unspecified atom stereocenters. The van der Waals surface area contributed by atoms with Gasteiger partial charge in [0.2, 0.25) is 0 Å². The molecule has 10 aromatic rings. The monoisotopic (exact) mass is 1180 g/mol. The van der Waals surface area contributed by atoms with E-state index in [1.165, 1.54) is 111 Å².